The lowest BCUT2D eigenvalue weighted by Gasteiger charge is -2.19. The highest BCUT2D eigenvalue weighted by Gasteiger charge is 2.15. The van der Waals surface area contributed by atoms with Crippen molar-refractivity contribution in [1.82, 2.24) is 5.32 Å². The molecular weight excluding hydrogens is 270 g/mol. The Morgan fingerprint density at radius 2 is 1.48 bits per heavy atom. The fraction of sp³-hybridized carbons (Fsp3) is 0.875. The molecule has 0 spiro atoms. The van der Waals surface area contributed by atoms with Crippen LogP contribution in [0.15, 0.2) is 0 Å². The number of unbranched alkanes of at least 4 members (excludes halogenated alkanes) is 4. The number of carbonyl (C=O) groups excluding carboxylic acids is 2. The largest absolute Gasteiger partial charge is 0.469 e. The van der Waals surface area contributed by atoms with Gasteiger partial charge in [0.25, 0.3) is 0 Å². The molecule has 1 amide bonds. The highest BCUT2D eigenvalue weighted by molar-refractivity contribution is 5.69. The maximum absolute atomic E-state index is 11.3. The maximum atomic E-state index is 11.3. The molecule has 0 saturated heterocycles. The maximum Gasteiger partial charge on any atom is 0.407 e. The van der Waals surface area contributed by atoms with Gasteiger partial charge in [-0.05, 0) is 33.6 Å². The van der Waals surface area contributed by atoms with E-state index in [2.05, 4.69) is 10.1 Å². The first-order valence-electron chi connectivity index (χ1n) is 7.89. The van der Waals surface area contributed by atoms with Gasteiger partial charge in [-0.25, -0.2) is 4.79 Å². The molecular formula is C16H33NO4. The summed E-state index contributed by atoms with van der Waals surface area (Å²) < 4.78 is 9.68. The SMILES string of the molecule is CC.COC(=O)CCCCCCCNC(=O)OC(C)(C)C. The van der Waals surface area contributed by atoms with E-state index in [0.29, 0.717) is 13.0 Å². The fourth-order valence-electron chi connectivity index (χ4n) is 1.53. The van der Waals surface area contributed by atoms with Crippen LogP contribution in [-0.4, -0.2) is 31.3 Å². The topological polar surface area (TPSA) is 64.6 Å². The number of amides is 1. The monoisotopic (exact) mass is 303 g/mol. The summed E-state index contributed by atoms with van der Waals surface area (Å²) in [4.78, 5) is 22.2. The summed E-state index contributed by atoms with van der Waals surface area (Å²) >= 11 is 0. The molecule has 0 rings (SSSR count). The van der Waals surface area contributed by atoms with Crippen LogP contribution in [0.25, 0.3) is 0 Å². The summed E-state index contributed by atoms with van der Waals surface area (Å²) in [6.07, 6.45) is 5.04. The Morgan fingerprint density at radius 1 is 0.952 bits per heavy atom. The van der Waals surface area contributed by atoms with Crippen LogP contribution in [0, 0.1) is 0 Å². The number of methoxy groups -OCH3 is 1. The average Bonchev–Trinajstić information content (AvgIpc) is 2.41. The lowest BCUT2D eigenvalue weighted by atomic mass is 10.1. The zero-order valence-electron chi connectivity index (χ0n) is 14.6. The van der Waals surface area contributed by atoms with Gasteiger partial charge in [-0.2, -0.15) is 0 Å². The lowest BCUT2D eigenvalue weighted by Crippen LogP contribution is -2.32. The number of carbonyl (C=O) groups is 2. The van der Waals surface area contributed by atoms with Crippen molar-refractivity contribution in [3.05, 3.63) is 0 Å². The molecule has 5 heteroatoms. The first-order chi connectivity index (χ1) is 9.85. The second-order valence-corrected chi connectivity index (χ2v) is 5.52. The molecule has 0 aliphatic heterocycles. The summed E-state index contributed by atoms with van der Waals surface area (Å²) in [5, 5.41) is 2.72. The molecule has 1 N–H and O–H groups in total. The van der Waals surface area contributed by atoms with Crippen LogP contribution in [0.5, 0.6) is 0 Å². The Balaban J connectivity index is 0. The predicted molar refractivity (Wildman–Crippen MR) is 85.3 cm³/mol. The van der Waals surface area contributed by atoms with Crippen LogP contribution in [0.2, 0.25) is 0 Å². The minimum absolute atomic E-state index is 0.147. The van der Waals surface area contributed by atoms with Crippen LogP contribution in [0.3, 0.4) is 0 Å². The van der Waals surface area contributed by atoms with Gasteiger partial charge in [-0.1, -0.05) is 33.1 Å². The number of ether oxygens (including phenoxy) is 2. The third-order valence-corrected chi connectivity index (χ3v) is 2.45. The molecule has 0 fully saturated rings. The van der Waals surface area contributed by atoms with E-state index < -0.39 is 5.60 Å². The molecule has 0 unspecified atom stereocenters. The van der Waals surface area contributed by atoms with Gasteiger partial charge < -0.3 is 14.8 Å². The fourth-order valence-corrected chi connectivity index (χ4v) is 1.53. The third kappa shape index (κ3) is 18.7. The Bertz CT molecular complexity index is 272. The molecule has 0 heterocycles. The molecule has 0 bridgehead atoms. The van der Waals surface area contributed by atoms with Crippen LogP contribution >= 0.6 is 0 Å². The Kier molecular flexibility index (Phi) is 14.4. The van der Waals surface area contributed by atoms with Gasteiger partial charge in [0.1, 0.15) is 5.60 Å². The minimum atomic E-state index is -0.446. The summed E-state index contributed by atoms with van der Waals surface area (Å²) in [6, 6.07) is 0. The molecule has 0 atom stereocenters. The standard InChI is InChI=1S/C14H27NO4.C2H6/c1-14(2,3)19-13(17)15-11-9-7-5-6-8-10-12(16)18-4;1-2/h5-11H2,1-4H3,(H,15,17);1-2H3. The molecule has 0 aromatic heterocycles. The highest BCUT2D eigenvalue weighted by atomic mass is 16.6. The predicted octanol–water partition coefficient (Wildman–Crippen LogP) is 4.05. The van der Waals surface area contributed by atoms with E-state index in [1.54, 1.807) is 0 Å². The Morgan fingerprint density at radius 3 is 2.00 bits per heavy atom. The van der Waals surface area contributed by atoms with Crippen LogP contribution < -0.4 is 5.32 Å². The van der Waals surface area contributed by atoms with Gasteiger partial charge in [0.05, 0.1) is 7.11 Å². The van der Waals surface area contributed by atoms with Gasteiger partial charge in [0.2, 0.25) is 0 Å². The number of rotatable bonds is 8. The lowest BCUT2D eigenvalue weighted by molar-refractivity contribution is -0.140. The van der Waals surface area contributed by atoms with Crippen molar-refractivity contribution >= 4 is 12.1 Å². The van der Waals surface area contributed by atoms with Gasteiger partial charge in [0.15, 0.2) is 0 Å². The Labute approximate surface area is 129 Å². The minimum Gasteiger partial charge on any atom is -0.469 e. The summed E-state index contributed by atoms with van der Waals surface area (Å²) in [5.74, 6) is -0.147. The van der Waals surface area contributed by atoms with Gasteiger partial charge >= 0.3 is 12.1 Å². The van der Waals surface area contributed by atoms with Gasteiger partial charge in [-0.15, -0.1) is 0 Å². The molecule has 0 radical (unpaired) electrons. The normalized spacial score (nSPS) is 10.2. The van der Waals surface area contributed by atoms with Crippen LogP contribution in [-0.2, 0) is 14.3 Å². The molecule has 5 nitrogen and oxygen atoms in total. The number of esters is 1. The van der Waals surface area contributed by atoms with Crippen molar-refractivity contribution in [2.24, 2.45) is 0 Å². The second kappa shape index (κ2) is 13.7. The number of alkyl carbamates (subject to hydrolysis) is 1. The molecule has 0 aliphatic rings. The smallest absolute Gasteiger partial charge is 0.407 e. The molecule has 0 saturated carbocycles. The van der Waals surface area contributed by atoms with Crippen molar-refractivity contribution in [2.45, 2.75) is 78.7 Å². The van der Waals surface area contributed by atoms with E-state index in [-0.39, 0.29) is 12.1 Å². The van der Waals surface area contributed by atoms with E-state index in [4.69, 9.17) is 4.74 Å². The van der Waals surface area contributed by atoms with E-state index >= 15 is 0 Å². The molecule has 21 heavy (non-hydrogen) atoms. The summed E-state index contributed by atoms with van der Waals surface area (Å²) in [5.41, 5.74) is -0.446. The van der Waals surface area contributed by atoms with Crippen molar-refractivity contribution in [1.29, 1.82) is 0 Å². The Hall–Kier alpha value is -1.26. The molecule has 0 aliphatic carbocycles. The molecule has 0 aromatic rings. The van der Waals surface area contributed by atoms with Crippen molar-refractivity contribution in [2.75, 3.05) is 13.7 Å². The first-order valence-corrected chi connectivity index (χ1v) is 7.89. The first kappa shape index (κ1) is 22.0. The van der Waals surface area contributed by atoms with Crippen LogP contribution in [0.4, 0.5) is 4.79 Å². The van der Waals surface area contributed by atoms with E-state index in [9.17, 15) is 9.59 Å². The van der Waals surface area contributed by atoms with Crippen molar-refractivity contribution < 1.29 is 19.1 Å². The molecule has 0 aromatic carbocycles. The van der Waals surface area contributed by atoms with Crippen LogP contribution in [0.1, 0.15) is 73.1 Å². The highest BCUT2D eigenvalue weighted by Crippen LogP contribution is 2.07. The number of hydrogen-bond donors (Lipinski definition) is 1. The quantitative estimate of drug-likeness (QED) is 0.542. The van der Waals surface area contributed by atoms with E-state index in [1.165, 1.54) is 7.11 Å². The third-order valence-electron chi connectivity index (χ3n) is 2.45. The van der Waals surface area contributed by atoms with Gasteiger partial charge in [0, 0.05) is 13.0 Å². The molecule has 126 valence electrons. The van der Waals surface area contributed by atoms with Crippen molar-refractivity contribution in [3.8, 4) is 0 Å². The van der Waals surface area contributed by atoms with E-state index in [0.717, 1.165) is 32.1 Å². The zero-order chi connectivity index (χ0) is 16.7. The van der Waals surface area contributed by atoms with Crippen molar-refractivity contribution in [3.63, 3.8) is 0 Å². The number of hydrogen-bond acceptors (Lipinski definition) is 4. The van der Waals surface area contributed by atoms with Gasteiger partial charge in [-0.3, -0.25) is 4.79 Å². The number of nitrogens with one attached hydrogen (secondary N) is 1. The van der Waals surface area contributed by atoms with E-state index in [1.807, 2.05) is 34.6 Å². The average molecular weight is 303 g/mol. The summed E-state index contributed by atoms with van der Waals surface area (Å²) in [6.45, 7) is 10.2. The second-order valence-electron chi connectivity index (χ2n) is 5.52. The summed E-state index contributed by atoms with van der Waals surface area (Å²) in [7, 11) is 1.41. The zero-order valence-corrected chi connectivity index (χ0v) is 14.6.